The van der Waals surface area contributed by atoms with Crippen LogP contribution in [0.5, 0.6) is 5.75 Å². The third kappa shape index (κ3) is 4.89. The minimum Gasteiger partial charge on any atom is -0.484 e. The average Bonchev–Trinajstić information content (AvgIpc) is 2.82. The van der Waals surface area contributed by atoms with E-state index in [1.807, 2.05) is 18.2 Å². The van der Waals surface area contributed by atoms with Crippen molar-refractivity contribution in [2.45, 2.75) is 0 Å². The lowest BCUT2D eigenvalue weighted by Crippen LogP contribution is -2.20. The molecule has 0 radical (unpaired) electrons. The van der Waals surface area contributed by atoms with Crippen molar-refractivity contribution >= 4 is 34.1 Å². The molecule has 2 N–H and O–H groups in total. The minimum absolute atomic E-state index is 0.129. The zero-order valence-electron chi connectivity index (χ0n) is 16.9. The molecular formula is C25H18N4O3. The fourth-order valence-electron chi connectivity index (χ4n) is 3.06. The fourth-order valence-corrected chi connectivity index (χ4v) is 3.06. The van der Waals surface area contributed by atoms with Crippen LogP contribution in [0.25, 0.3) is 22.6 Å². The largest absolute Gasteiger partial charge is 0.484 e. The van der Waals surface area contributed by atoms with Gasteiger partial charge >= 0.3 is 0 Å². The topological polar surface area (TPSA) is 108 Å². The van der Waals surface area contributed by atoms with Crippen molar-refractivity contribution in [1.29, 1.82) is 5.26 Å². The first-order valence-corrected chi connectivity index (χ1v) is 9.81. The number of hydrogen-bond acceptors (Lipinski definition) is 5. The number of amides is 1. The number of nitrogens with zero attached hydrogens (tertiary/aromatic N) is 2. The van der Waals surface area contributed by atoms with Crippen LogP contribution in [0.2, 0.25) is 0 Å². The smallest absolute Gasteiger partial charge is 0.262 e. The average molecular weight is 422 g/mol. The van der Waals surface area contributed by atoms with Gasteiger partial charge in [-0.3, -0.25) is 9.59 Å². The van der Waals surface area contributed by atoms with E-state index in [1.165, 1.54) is 0 Å². The molecule has 1 aromatic heterocycles. The second-order valence-corrected chi connectivity index (χ2v) is 6.87. The van der Waals surface area contributed by atoms with Crippen molar-refractivity contribution in [3.8, 4) is 11.8 Å². The van der Waals surface area contributed by atoms with Crippen LogP contribution in [-0.4, -0.2) is 22.5 Å². The summed E-state index contributed by atoms with van der Waals surface area (Å²) in [6, 6.07) is 25.1. The normalized spacial score (nSPS) is 11.0. The SMILES string of the molecule is N#C/C(=C\c1ccc(OCC(=O)Nc2ccccc2)cc1)c1nc2ccccc2c(=O)[nH]1. The highest BCUT2D eigenvalue weighted by molar-refractivity contribution is 5.92. The second kappa shape index (κ2) is 9.41. The lowest BCUT2D eigenvalue weighted by Gasteiger charge is -2.08. The summed E-state index contributed by atoms with van der Waals surface area (Å²) in [6.07, 6.45) is 1.62. The van der Waals surface area contributed by atoms with Gasteiger partial charge in [0.25, 0.3) is 11.5 Å². The Labute approximate surface area is 183 Å². The van der Waals surface area contributed by atoms with Crippen LogP contribution in [0.1, 0.15) is 11.4 Å². The molecular weight excluding hydrogens is 404 g/mol. The summed E-state index contributed by atoms with van der Waals surface area (Å²) in [5.74, 6) is 0.452. The zero-order valence-corrected chi connectivity index (χ0v) is 16.9. The standard InChI is InChI=1S/C25H18N4O3/c26-15-18(24-28-22-9-5-4-8-21(22)25(31)29-24)14-17-10-12-20(13-11-17)32-16-23(30)27-19-6-2-1-3-7-19/h1-14H,16H2,(H,27,30)(H,28,29,31)/b18-14+. The lowest BCUT2D eigenvalue weighted by atomic mass is 10.1. The molecule has 3 aromatic carbocycles. The van der Waals surface area contributed by atoms with Crippen molar-refractivity contribution in [2.75, 3.05) is 11.9 Å². The number of carbonyl (C=O) groups is 1. The third-order valence-corrected chi connectivity index (χ3v) is 4.61. The van der Waals surface area contributed by atoms with E-state index in [1.54, 1.807) is 66.7 Å². The molecule has 0 bridgehead atoms. The van der Waals surface area contributed by atoms with Gasteiger partial charge in [-0.2, -0.15) is 5.26 Å². The molecule has 0 spiro atoms. The van der Waals surface area contributed by atoms with Gasteiger partial charge in [0.05, 0.1) is 16.5 Å². The molecule has 0 saturated heterocycles. The molecule has 7 heteroatoms. The van der Waals surface area contributed by atoms with E-state index in [4.69, 9.17) is 4.74 Å². The van der Waals surface area contributed by atoms with Gasteiger partial charge < -0.3 is 15.0 Å². The maximum Gasteiger partial charge on any atom is 0.262 e. The first-order chi connectivity index (χ1) is 15.6. The van der Waals surface area contributed by atoms with Crippen molar-refractivity contribution in [1.82, 2.24) is 9.97 Å². The number of nitrogens with one attached hydrogen (secondary N) is 2. The Morgan fingerprint density at radius 2 is 1.75 bits per heavy atom. The summed E-state index contributed by atoms with van der Waals surface area (Å²) in [6.45, 7) is -0.129. The lowest BCUT2D eigenvalue weighted by molar-refractivity contribution is -0.118. The van der Waals surface area contributed by atoms with E-state index in [0.29, 0.717) is 22.3 Å². The summed E-state index contributed by atoms with van der Waals surface area (Å²) in [5, 5.41) is 12.8. The van der Waals surface area contributed by atoms with Gasteiger partial charge in [0.15, 0.2) is 12.4 Å². The Bertz CT molecular complexity index is 1380. The molecule has 0 saturated carbocycles. The summed E-state index contributed by atoms with van der Waals surface area (Å²) in [5.41, 5.74) is 1.86. The number of allylic oxidation sites excluding steroid dienone is 1. The molecule has 1 heterocycles. The van der Waals surface area contributed by atoms with E-state index in [9.17, 15) is 14.9 Å². The van der Waals surface area contributed by atoms with Crippen molar-refractivity contribution in [2.24, 2.45) is 0 Å². The molecule has 0 aliphatic rings. The van der Waals surface area contributed by atoms with Crippen LogP contribution in [-0.2, 0) is 4.79 Å². The fraction of sp³-hybridized carbons (Fsp3) is 0.0400. The van der Waals surface area contributed by atoms with E-state index in [2.05, 4.69) is 21.4 Å². The van der Waals surface area contributed by atoms with Gasteiger partial charge in [-0.05, 0) is 48.0 Å². The molecule has 0 aliphatic heterocycles. The van der Waals surface area contributed by atoms with E-state index in [0.717, 1.165) is 5.56 Å². The number of anilines is 1. The van der Waals surface area contributed by atoms with Gasteiger partial charge in [0.1, 0.15) is 11.8 Å². The molecule has 4 aromatic rings. The number of H-pyrrole nitrogens is 1. The van der Waals surface area contributed by atoms with Gasteiger partial charge in [0, 0.05) is 5.69 Å². The van der Waals surface area contributed by atoms with Gasteiger partial charge in [0.2, 0.25) is 0 Å². The number of ether oxygens (including phenoxy) is 1. The predicted octanol–water partition coefficient (Wildman–Crippen LogP) is 4.00. The Morgan fingerprint density at radius 3 is 2.50 bits per heavy atom. The molecule has 0 fully saturated rings. The Morgan fingerprint density at radius 1 is 1.03 bits per heavy atom. The number of aromatic amines is 1. The molecule has 4 rings (SSSR count). The summed E-state index contributed by atoms with van der Waals surface area (Å²) in [4.78, 5) is 31.3. The van der Waals surface area contributed by atoms with Crippen LogP contribution in [0.15, 0.2) is 83.7 Å². The minimum atomic E-state index is -0.302. The number of benzene rings is 3. The van der Waals surface area contributed by atoms with Gasteiger partial charge in [-0.15, -0.1) is 0 Å². The monoisotopic (exact) mass is 422 g/mol. The van der Waals surface area contributed by atoms with Crippen LogP contribution in [0.3, 0.4) is 0 Å². The molecule has 7 nitrogen and oxygen atoms in total. The number of rotatable bonds is 6. The molecule has 1 amide bonds. The second-order valence-electron chi connectivity index (χ2n) is 6.87. The molecule has 0 unspecified atom stereocenters. The highest BCUT2D eigenvalue weighted by atomic mass is 16.5. The molecule has 0 atom stereocenters. The molecule has 156 valence electrons. The summed E-state index contributed by atoms with van der Waals surface area (Å²) in [7, 11) is 0. The van der Waals surface area contributed by atoms with Crippen molar-refractivity contribution in [3.05, 3.63) is 101 Å². The van der Waals surface area contributed by atoms with Crippen LogP contribution in [0, 0.1) is 11.3 Å². The number of aromatic nitrogens is 2. The quantitative estimate of drug-likeness (QED) is 0.457. The maximum atomic E-state index is 12.3. The van der Waals surface area contributed by atoms with Crippen molar-refractivity contribution < 1.29 is 9.53 Å². The Kier molecular flexibility index (Phi) is 6.05. The predicted molar refractivity (Wildman–Crippen MR) is 123 cm³/mol. The van der Waals surface area contributed by atoms with Crippen molar-refractivity contribution in [3.63, 3.8) is 0 Å². The third-order valence-electron chi connectivity index (χ3n) is 4.61. The van der Waals surface area contributed by atoms with Crippen LogP contribution < -0.4 is 15.6 Å². The number of carbonyl (C=O) groups excluding carboxylic acids is 1. The highest BCUT2D eigenvalue weighted by Crippen LogP contribution is 2.18. The molecule has 32 heavy (non-hydrogen) atoms. The first-order valence-electron chi connectivity index (χ1n) is 9.81. The van der Waals surface area contributed by atoms with E-state index < -0.39 is 0 Å². The van der Waals surface area contributed by atoms with Gasteiger partial charge in [-0.25, -0.2) is 4.98 Å². The van der Waals surface area contributed by atoms with Crippen LogP contribution in [0.4, 0.5) is 5.69 Å². The number of nitriles is 1. The summed E-state index contributed by atoms with van der Waals surface area (Å²) >= 11 is 0. The number of para-hydroxylation sites is 2. The summed E-state index contributed by atoms with van der Waals surface area (Å²) < 4.78 is 5.52. The zero-order chi connectivity index (χ0) is 22.3. The van der Waals surface area contributed by atoms with E-state index in [-0.39, 0.29) is 29.5 Å². The Hall–Kier alpha value is -4.70. The maximum absolute atomic E-state index is 12.3. The van der Waals surface area contributed by atoms with Crippen LogP contribution >= 0.6 is 0 Å². The van der Waals surface area contributed by atoms with E-state index >= 15 is 0 Å². The highest BCUT2D eigenvalue weighted by Gasteiger charge is 2.08. The first kappa shape index (κ1) is 20.6. The number of hydrogen-bond donors (Lipinski definition) is 2. The van der Waals surface area contributed by atoms with Gasteiger partial charge in [-0.1, -0.05) is 42.5 Å². The Balaban J connectivity index is 1.45. The number of fused-ring (bicyclic) bond motifs is 1. The molecule has 0 aliphatic carbocycles.